The zero-order valence-corrected chi connectivity index (χ0v) is 14.4. The molecule has 0 amide bonds. The Hall–Kier alpha value is -1.89. The Balaban J connectivity index is 0.00000264. The molecular formula is C22H31N. The van der Waals surface area contributed by atoms with E-state index in [9.17, 15) is 0 Å². The summed E-state index contributed by atoms with van der Waals surface area (Å²) in [6.45, 7) is 8.86. The molecule has 0 aliphatic heterocycles. The molecule has 0 aromatic heterocycles. The van der Waals surface area contributed by atoms with Crippen LogP contribution in [0, 0.1) is 10.8 Å². The molecule has 124 valence electrons. The minimum atomic E-state index is 0. The first-order valence-corrected chi connectivity index (χ1v) is 7.94. The summed E-state index contributed by atoms with van der Waals surface area (Å²) in [5.41, 5.74) is 3.85. The van der Waals surface area contributed by atoms with Gasteiger partial charge in [0.05, 0.1) is 0 Å². The van der Waals surface area contributed by atoms with Crippen LogP contribution in [0.4, 0.5) is 0 Å². The fourth-order valence-corrected chi connectivity index (χ4v) is 2.48. The largest absolute Gasteiger partial charge is 0.292 e. The molecule has 23 heavy (non-hydrogen) atoms. The molecule has 0 bridgehead atoms. The van der Waals surface area contributed by atoms with Crippen molar-refractivity contribution in [3.05, 3.63) is 71.9 Å². The van der Waals surface area contributed by atoms with Crippen LogP contribution in [0.2, 0.25) is 0 Å². The number of allylic oxidation sites excluding steroid dienone is 12. The molecule has 0 atom stereocenters. The second-order valence-electron chi connectivity index (χ2n) is 7.24. The summed E-state index contributed by atoms with van der Waals surface area (Å²) in [5, 5.41) is 0. The molecule has 2 aliphatic rings. The van der Waals surface area contributed by atoms with Gasteiger partial charge in [0, 0.05) is 30.0 Å². The van der Waals surface area contributed by atoms with Crippen LogP contribution in [-0.2, 0) is 0 Å². The number of nitrogens with zero attached hydrogens (tertiary/aromatic N) is 1. The van der Waals surface area contributed by atoms with Crippen molar-refractivity contribution < 1.29 is 0 Å². The van der Waals surface area contributed by atoms with Gasteiger partial charge in [-0.05, 0) is 11.1 Å². The molecule has 2 rings (SSSR count). The molecule has 0 aromatic carbocycles. The number of aliphatic imine (C=N–C) groups is 1. The van der Waals surface area contributed by atoms with Crippen molar-refractivity contribution in [2.24, 2.45) is 15.8 Å². The highest BCUT2D eigenvalue weighted by atomic mass is 14.7. The van der Waals surface area contributed by atoms with E-state index in [2.05, 4.69) is 93.4 Å². The monoisotopic (exact) mass is 309 g/mol. The lowest BCUT2D eigenvalue weighted by Crippen LogP contribution is -2.04. The number of rotatable bonds is 3. The first-order chi connectivity index (χ1) is 10.3. The van der Waals surface area contributed by atoms with Crippen molar-refractivity contribution in [3.8, 4) is 0 Å². The van der Waals surface area contributed by atoms with Gasteiger partial charge in [0.1, 0.15) is 0 Å². The summed E-state index contributed by atoms with van der Waals surface area (Å²) in [6, 6.07) is 0. The van der Waals surface area contributed by atoms with Crippen molar-refractivity contribution in [1.29, 1.82) is 0 Å². The van der Waals surface area contributed by atoms with E-state index < -0.39 is 0 Å². The molecule has 0 spiro atoms. The maximum absolute atomic E-state index is 4.53. The van der Waals surface area contributed by atoms with E-state index in [1.54, 1.807) is 0 Å². The molecule has 0 heterocycles. The van der Waals surface area contributed by atoms with Crippen LogP contribution in [0.5, 0.6) is 0 Å². The van der Waals surface area contributed by atoms with Gasteiger partial charge in [-0.3, -0.25) is 4.99 Å². The first kappa shape index (κ1) is 19.2. The normalized spacial score (nSPS) is 21.9. The summed E-state index contributed by atoms with van der Waals surface area (Å²) in [7, 11) is 1.88. The van der Waals surface area contributed by atoms with Crippen LogP contribution >= 0.6 is 0 Å². The third kappa shape index (κ3) is 5.67. The fourth-order valence-electron chi connectivity index (χ4n) is 2.48. The van der Waals surface area contributed by atoms with E-state index in [0.29, 0.717) is 0 Å². The zero-order valence-electron chi connectivity index (χ0n) is 14.4. The maximum Gasteiger partial charge on any atom is 0.0460 e. The van der Waals surface area contributed by atoms with Crippen molar-refractivity contribution >= 4 is 5.71 Å². The van der Waals surface area contributed by atoms with Crippen LogP contribution in [0.1, 0.15) is 41.5 Å². The molecule has 0 radical (unpaired) electrons. The Kier molecular flexibility index (Phi) is 6.32. The van der Waals surface area contributed by atoms with Crippen molar-refractivity contribution in [2.75, 3.05) is 7.05 Å². The van der Waals surface area contributed by atoms with E-state index in [1.165, 1.54) is 11.1 Å². The van der Waals surface area contributed by atoms with Crippen molar-refractivity contribution in [3.63, 3.8) is 0 Å². The van der Waals surface area contributed by atoms with Crippen LogP contribution in [0.25, 0.3) is 0 Å². The minimum absolute atomic E-state index is 0. The summed E-state index contributed by atoms with van der Waals surface area (Å²) in [5.74, 6) is 0. The summed E-state index contributed by atoms with van der Waals surface area (Å²) >= 11 is 0. The fraction of sp³-hybridized carbons (Fsp3) is 0.409. The molecule has 0 N–H and O–H groups in total. The molecule has 2 aliphatic carbocycles. The molecule has 0 unspecified atom stereocenters. The summed E-state index contributed by atoms with van der Waals surface area (Å²) < 4.78 is 0. The molecule has 1 heteroatoms. The third-order valence-corrected chi connectivity index (χ3v) is 4.03. The van der Waals surface area contributed by atoms with Gasteiger partial charge in [-0.15, -0.1) is 0 Å². The van der Waals surface area contributed by atoms with Gasteiger partial charge in [-0.2, -0.15) is 0 Å². The van der Waals surface area contributed by atoms with Gasteiger partial charge < -0.3 is 0 Å². The Morgan fingerprint density at radius 2 is 1.43 bits per heavy atom. The molecular weight excluding hydrogens is 278 g/mol. The van der Waals surface area contributed by atoms with Gasteiger partial charge in [-0.25, -0.2) is 0 Å². The second-order valence-corrected chi connectivity index (χ2v) is 7.24. The number of hydrogen-bond acceptors (Lipinski definition) is 1. The van der Waals surface area contributed by atoms with Gasteiger partial charge >= 0.3 is 0 Å². The lowest BCUT2D eigenvalue weighted by molar-refractivity contribution is 0.626. The quantitative estimate of drug-likeness (QED) is 0.547. The Morgan fingerprint density at radius 1 is 0.870 bits per heavy atom. The molecule has 0 saturated carbocycles. The van der Waals surface area contributed by atoms with Crippen LogP contribution < -0.4 is 0 Å². The summed E-state index contributed by atoms with van der Waals surface area (Å²) in [6.07, 6.45) is 22.9. The van der Waals surface area contributed by atoms with Gasteiger partial charge in [0.2, 0.25) is 0 Å². The predicted molar refractivity (Wildman–Crippen MR) is 105 cm³/mol. The van der Waals surface area contributed by atoms with Crippen LogP contribution in [0.15, 0.2) is 76.9 Å². The highest BCUT2D eigenvalue weighted by molar-refractivity contribution is 6.04. The maximum atomic E-state index is 4.53. The van der Waals surface area contributed by atoms with E-state index in [4.69, 9.17) is 0 Å². The minimum Gasteiger partial charge on any atom is -0.292 e. The lowest BCUT2D eigenvalue weighted by Gasteiger charge is -2.13. The molecule has 0 fully saturated rings. The van der Waals surface area contributed by atoms with Crippen LogP contribution in [0.3, 0.4) is 0 Å². The predicted octanol–water partition coefficient (Wildman–Crippen LogP) is 6.24. The lowest BCUT2D eigenvalue weighted by atomic mass is 9.92. The Bertz CT molecular complexity index is 629. The molecule has 0 aromatic rings. The van der Waals surface area contributed by atoms with Crippen molar-refractivity contribution in [2.45, 2.75) is 41.5 Å². The van der Waals surface area contributed by atoms with Gasteiger partial charge in [0.25, 0.3) is 0 Å². The van der Waals surface area contributed by atoms with E-state index >= 15 is 0 Å². The summed E-state index contributed by atoms with van der Waals surface area (Å²) in [4.78, 5) is 4.53. The second kappa shape index (κ2) is 7.59. The third-order valence-electron chi connectivity index (χ3n) is 4.03. The topological polar surface area (TPSA) is 12.4 Å². The highest BCUT2D eigenvalue weighted by Crippen LogP contribution is 2.26. The highest BCUT2D eigenvalue weighted by Gasteiger charge is 2.14. The van der Waals surface area contributed by atoms with Crippen LogP contribution in [-0.4, -0.2) is 12.8 Å². The van der Waals surface area contributed by atoms with E-state index in [-0.39, 0.29) is 18.3 Å². The standard InChI is InChI=1S/C21H27N.CH4/c1-20(2)12-6-8-17(10-14-20)16-19(22-5)18-9-7-13-21(3,4)15-11-18;/h6-15H,16H2,1-5H3;1H4. The first-order valence-electron chi connectivity index (χ1n) is 7.94. The Morgan fingerprint density at radius 3 is 2.04 bits per heavy atom. The SMILES string of the molecule is C.CN=C(CC1=CC=CC(C)(C)C=C1)C1=CC=CC(C)(C)C=C1. The molecule has 0 saturated heterocycles. The zero-order chi connectivity index (χ0) is 16.2. The Labute approximate surface area is 142 Å². The van der Waals surface area contributed by atoms with Crippen molar-refractivity contribution in [1.82, 2.24) is 0 Å². The van der Waals surface area contributed by atoms with Gasteiger partial charge in [-0.1, -0.05) is 95.9 Å². The average molecular weight is 309 g/mol. The smallest absolute Gasteiger partial charge is 0.0460 e. The van der Waals surface area contributed by atoms with E-state index in [1.807, 2.05) is 7.05 Å². The number of hydrogen-bond donors (Lipinski definition) is 0. The average Bonchev–Trinajstić information content (AvgIpc) is 2.72. The van der Waals surface area contributed by atoms with Gasteiger partial charge in [0.15, 0.2) is 0 Å². The molecule has 1 nitrogen and oxygen atoms in total. The van der Waals surface area contributed by atoms with E-state index in [0.717, 1.165) is 12.1 Å².